The number of nitrogens with one attached hydrogen (secondary N) is 1. The fourth-order valence-corrected chi connectivity index (χ4v) is 0.472. The zero-order chi connectivity index (χ0) is 8.91. The van der Waals surface area contributed by atoms with Gasteiger partial charge in [0.2, 0.25) is 5.91 Å². The summed E-state index contributed by atoms with van der Waals surface area (Å²) in [5.74, 6) is -0.161. The highest BCUT2D eigenvalue weighted by atomic mass is 16.6. The van der Waals surface area contributed by atoms with E-state index in [4.69, 9.17) is 4.84 Å². The lowest BCUT2D eigenvalue weighted by molar-refractivity contribution is -0.870. The molecule has 0 saturated heterocycles. The number of likely N-dealkylation sites (N-methyl/N-ethyl adjacent to an activating group) is 1. The average Bonchev–Trinajstić information content (AvgIpc) is 1.78. The van der Waals surface area contributed by atoms with Gasteiger partial charge in [-0.25, -0.2) is 5.48 Å². The van der Waals surface area contributed by atoms with Gasteiger partial charge in [0.25, 0.3) is 0 Å². The topological polar surface area (TPSA) is 38.3 Å². The number of amides is 1. The molecule has 0 saturated carbocycles. The SMILES string of the molecule is CC(=O)NOCC[N+](C)(C)C. The largest absolute Gasteiger partial charge is 0.329 e. The summed E-state index contributed by atoms with van der Waals surface area (Å²) in [5.41, 5.74) is 2.27. The molecular formula is C7H17N2O2+. The molecule has 1 N–H and O–H groups in total. The third-order valence-corrected chi connectivity index (χ3v) is 1.08. The van der Waals surface area contributed by atoms with Gasteiger partial charge in [-0.2, -0.15) is 0 Å². The molecule has 0 aromatic rings. The molecule has 0 aromatic carbocycles. The minimum absolute atomic E-state index is 0.161. The lowest BCUT2D eigenvalue weighted by atomic mass is 10.5. The van der Waals surface area contributed by atoms with E-state index in [0.717, 1.165) is 11.0 Å². The smallest absolute Gasteiger partial charge is 0.240 e. The van der Waals surface area contributed by atoms with Crippen molar-refractivity contribution in [3.63, 3.8) is 0 Å². The number of carbonyl (C=O) groups excluding carboxylic acids is 1. The summed E-state index contributed by atoms with van der Waals surface area (Å²) in [5, 5.41) is 0. The number of hydrogen-bond acceptors (Lipinski definition) is 2. The van der Waals surface area contributed by atoms with Crippen LogP contribution in [0.25, 0.3) is 0 Å². The van der Waals surface area contributed by atoms with Gasteiger partial charge in [0, 0.05) is 6.92 Å². The zero-order valence-corrected chi connectivity index (χ0v) is 7.68. The standard InChI is InChI=1S/C7H16N2O2/c1-7(10)8-11-6-5-9(2,3)4/h5-6H2,1-4H3/p+1. The highest BCUT2D eigenvalue weighted by Crippen LogP contribution is 1.87. The van der Waals surface area contributed by atoms with E-state index in [9.17, 15) is 4.79 Å². The summed E-state index contributed by atoms with van der Waals surface area (Å²) in [7, 11) is 6.20. The molecule has 1 amide bonds. The second-order valence-corrected chi connectivity index (χ2v) is 3.52. The second-order valence-electron chi connectivity index (χ2n) is 3.52. The molecule has 0 spiro atoms. The predicted molar refractivity (Wildman–Crippen MR) is 42.7 cm³/mol. The van der Waals surface area contributed by atoms with Crippen molar-refractivity contribution in [2.45, 2.75) is 6.92 Å². The molecule has 0 radical (unpaired) electrons. The molecule has 4 nitrogen and oxygen atoms in total. The van der Waals surface area contributed by atoms with Crippen molar-refractivity contribution in [1.29, 1.82) is 0 Å². The van der Waals surface area contributed by atoms with Gasteiger partial charge >= 0.3 is 0 Å². The van der Waals surface area contributed by atoms with E-state index in [1.165, 1.54) is 6.92 Å². The Labute approximate surface area is 67.7 Å². The van der Waals surface area contributed by atoms with Gasteiger partial charge in [-0.05, 0) is 0 Å². The Kier molecular flexibility index (Phi) is 4.07. The number of hydroxylamine groups is 1. The Hall–Kier alpha value is -0.610. The van der Waals surface area contributed by atoms with Crippen LogP contribution >= 0.6 is 0 Å². The Bertz CT molecular complexity index is 129. The summed E-state index contributed by atoms with van der Waals surface area (Å²) in [6.07, 6.45) is 0. The van der Waals surface area contributed by atoms with Gasteiger partial charge < -0.3 is 4.48 Å². The molecule has 0 aliphatic rings. The van der Waals surface area contributed by atoms with E-state index in [2.05, 4.69) is 26.6 Å². The monoisotopic (exact) mass is 161 g/mol. The first kappa shape index (κ1) is 10.4. The fourth-order valence-electron chi connectivity index (χ4n) is 0.472. The maximum absolute atomic E-state index is 10.3. The Morgan fingerprint density at radius 2 is 2.00 bits per heavy atom. The van der Waals surface area contributed by atoms with E-state index >= 15 is 0 Å². The van der Waals surface area contributed by atoms with Crippen LogP contribution in [-0.2, 0) is 9.63 Å². The lowest BCUT2D eigenvalue weighted by Crippen LogP contribution is -2.39. The van der Waals surface area contributed by atoms with Crippen LogP contribution < -0.4 is 5.48 Å². The molecule has 4 heteroatoms. The van der Waals surface area contributed by atoms with E-state index < -0.39 is 0 Å². The van der Waals surface area contributed by atoms with Crippen molar-refractivity contribution in [2.24, 2.45) is 0 Å². The Morgan fingerprint density at radius 3 is 2.36 bits per heavy atom. The first-order valence-corrected chi connectivity index (χ1v) is 3.60. The van der Waals surface area contributed by atoms with Gasteiger partial charge in [-0.15, -0.1) is 0 Å². The second kappa shape index (κ2) is 4.31. The van der Waals surface area contributed by atoms with Crippen LogP contribution in [0.5, 0.6) is 0 Å². The summed E-state index contributed by atoms with van der Waals surface area (Å²) in [6, 6.07) is 0. The molecule has 0 fully saturated rings. The number of rotatable bonds is 4. The molecule has 0 rings (SSSR count). The molecule has 0 bridgehead atoms. The molecular weight excluding hydrogens is 144 g/mol. The number of carbonyl (C=O) groups is 1. The van der Waals surface area contributed by atoms with Gasteiger partial charge in [0.15, 0.2) is 0 Å². The van der Waals surface area contributed by atoms with E-state index in [0.29, 0.717) is 6.61 Å². The average molecular weight is 161 g/mol. The van der Waals surface area contributed by atoms with Gasteiger partial charge in [-0.3, -0.25) is 9.63 Å². The van der Waals surface area contributed by atoms with Crippen molar-refractivity contribution in [3.05, 3.63) is 0 Å². The van der Waals surface area contributed by atoms with E-state index in [1.54, 1.807) is 0 Å². The minimum atomic E-state index is -0.161. The summed E-state index contributed by atoms with van der Waals surface area (Å²) >= 11 is 0. The van der Waals surface area contributed by atoms with Crippen LogP contribution in [0.4, 0.5) is 0 Å². The highest BCUT2D eigenvalue weighted by Gasteiger charge is 2.05. The first-order chi connectivity index (χ1) is 4.92. The van der Waals surface area contributed by atoms with Crippen LogP contribution in [0.3, 0.4) is 0 Å². The summed E-state index contributed by atoms with van der Waals surface area (Å²) < 4.78 is 0.833. The van der Waals surface area contributed by atoms with Crippen LogP contribution in [0.15, 0.2) is 0 Å². The molecule has 0 aromatic heterocycles. The number of hydrogen-bond donors (Lipinski definition) is 1. The molecule has 0 atom stereocenters. The highest BCUT2D eigenvalue weighted by molar-refractivity contribution is 5.71. The maximum atomic E-state index is 10.3. The number of quaternary nitrogens is 1. The molecule has 0 aliphatic carbocycles. The van der Waals surface area contributed by atoms with Gasteiger partial charge in [0.1, 0.15) is 13.2 Å². The molecule has 66 valence electrons. The third-order valence-electron chi connectivity index (χ3n) is 1.08. The summed E-state index contributed by atoms with van der Waals surface area (Å²) in [4.78, 5) is 15.2. The first-order valence-electron chi connectivity index (χ1n) is 3.60. The molecule has 0 unspecified atom stereocenters. The summed E-state index contributed by atoms with van der Waals surface area (Å²) in [6.45, 7) is 2.84. The van der Waals surface area contributed by atoms with Gasteiger partial charge in [0.05, 0.1) is 21.1 Å². The molecule has 0 aliphatic heterocycles. The molecule has 0 heterocycles. The Balaban J connectivity index is 3.22. The quantitative estimate of drug-likeness (QED) is 0.351. The van der Waals surface area contributed by atoms with Crippen molar-refractivity contribution in [2.75, 3.05) is 34.3 Å². The van der Waals surface area contributed by atoms with Crippen LogP contribution in [-0.4, -0.2) is 44.7 Å². The van der Waals surface area contributed by atoms with Crippen molar-refractivity contribution >= 4 is 5.91 Å². The van der Waals surface area contributed by atoms with Crippen molar-refractivity contribution in [1.82, 2.24) is 5.48 Å². The van der Waals surface area contributed by atoms with Crippen molar-refractivity contribution in [3.8, 4) is 0 Å². The molecule has 11 heavy (non-hydrogen) atoms. The minimum Gasteiger partial charge on any atom is -0.329 e. The zero-order valence-electron chi connectivity index (χ0n) is 7.68. The van der Waals surface area contributed by atoms with Gasteiger partial charge in [-0.1, -0.05) is 0 Å². The predicted octanol–water partition coefficient (Wildman–Crippen LogP) is -0.240. The third kappa shape index (κ3) is 9.39. The van der Waals surface area contributed by atoms with Crippen LogP contribution in [0.1, 0.15) is 6.92 Å². The van der Waals surface area contributed by atoms with E-state index in [-0.39, 0.29) is 5.91 Å². The fraction of sp³-hybridized carbons (Fsp3) is 0.857. The maximum Gasteiger partial charge on any atom is 0.240 e. The lowest BCUT2D eigenvalue weighted by Gasteiger charge is -2.23. The Morgan fingerprint density at radius 1 is 1.45 bits per heavy atom. The van der Waals surface area contributed by atoms with Crippen molar-refractivity contribution < 1.29 is 14.1 Å². The van der Waals surface area contributed by atoms with E-state index in [1.807, 2.05) is 0 Å². The van der Waals surface area contributed by atoms with Crippen LogP contribution in [0.2, 0.25) is 0 Å². The number of nitrogens with zero attached hydrogens (tertiary/aromatic N) is 1. The van der Waals surface area contributed by atoms with Crippen LogP contribution in [0, 0.1) is 0 Å². The normalized spacial score (nSPS) is 11.3.